The number of aromatic nitrogens is 2. The lowest BCUT2D eigenvalue weighted by atomic mass is 10.1. The summed E-state index contributed by atoms with van der Waals surface area (Å²) in [4.78, 5) is 21.9. The zero-order chi connectivity index (χ0) is 21.0. The van der Waals surface area contributed by atoms with Crippen molar-refractivity contribution in [2.75, 3.05) is 12.5 Å². The van der Waals surface area contributed by atoms with Gasteiger partial charge in [0.2, 0.25) is 5.75 Å². The van der Waals surface area contributed by atoms with E-state index in [4.69, 9.17) is 4.74 Å². The minimum absolute atomic E-state index is 0.168. The highest BCUT2D eigenvalue weighted by Gasteiger charge is 2.23. The maximum atomic E-state index is 11.3. The zero-order valence-corrected chi connectivity index (χ0v) is 15.5. The molecule has 29 heavy (non-hydrogen) atoms. The number of nitro benzene ring substituents is 1. The first kappa shape index (κ1) is 19.5. The van der Waals surface area contributed by atoms with Crippen molar-refractivity contribution in [1.29, 1.82) is 0 Å². The van der Waals surface area contributed by atoms with Crippen molar-refractivity contribution in [2.45, 2.75) is 6.92 Å². The third-order valence-electron chi connectivity index (χ3n) is 4.08. The van der Waals surface area contributed by atoms with E-state index < -0.39 is 4.92 Å². The smallest absolute Gasteiger partial charge is 0.323 e. The highest BCUT2D eigenvalue weighted by molar-refractivity contribution is 5.88. The summed E-state index contributed by atoms with van der Waals surface area (Å²) in [5.74, 6) is -0.557. The van der Waals surface area contributed by atoms with Crippen LogP contribution in [0, 0.1) is 17.0 Å². The lowest BCUT2D eigenvalue weighted by Gasteiger charge is -2.07. The molecule has 2 aromatic carbocycles. The quantitative estimate of drug-likeness (QED) is 0.331. The average molecular weight is 395 g/mol. The first-order valence-corrected chi connectivity index (χ1v) is 8.41. The highest BCUT2D eigenvalue weighted by Crippen LogP contribution is 2.38. The first-order chi connectivity index (χ1) is 13.9. The van der Waals surface area contributed by atoms with Gasteiger partial charge in [0.15, 0.2) is 5.75 Å². The van der Waals surface area contributed by atoms with Gasteiger partial charge in [-0.15, -0.1) is 0 Å². The number of hydrazone groups is 1. The molecule has 0 bridgehead atoms. The molecule has 148 valence electrons. The predicted octanol–water partition coefficient (Wildman–Crippen LogP) is 2.81. The number of rotatable bonds is 6. The molecule has 0 unspecified atom stereocenters. The van der Waals surface area contributed by atoms with Crippen molar-refractivity contribution in [2.24, 2.45) is 5.10 Å². The number of aryl methyl sites for hydroxylation is 1. The Hall–Kier alpha value is -4.21. The largest absolute Gasteiger partial charge is 0.504 e. The van der Waals surface area contributed by atoms with E-state index in [1.165, 1.54) is 31.5 Å². The molecule has 0 atom stereocenters. The summed E-state index contributed by atoms with van der Waals surface area (Å²) in [5, 5.41) is 31.5. The second kappa shape index (κ2) is 8.21. The minimum Gasteiger partial charge on any atom is -0.504 e. The fourth-order valence-corrected chi connectivity index (χ4v) is 2.74. The summed E-state index contributed by atoms with van der Waals surface area (Å²) in [5.41, 5.74) is 5.16. The molecular formula is C19H17N5O5. The maximum absolute atomic E-state index is 11.3. The fourth-order valence-electron chi connectivity index (χ4n) is 2.74. The fraction of sp³-hybridized carbons (Fsp3) is 0.105. The van der Waals surface area contributed by atoms with Crippen LogP contribution in [0.4, 0.5) is 11.4 Å². The van der Waals surface area contributed by atoms with Gasteiger partial charge < -0.3 is 9.84 Å². The summed E-state index contributed by atoms with van der Waals surface area (Å²) in [6, 6.07) is 11.2. The van der Waals surface area contributed by atoms with Gasteiger partial charge in [-0.3, -0.25) is 20.3 Å². The Morgan fingerprint density at radius 1 is 1.28 bits per heavy atom. The molecule has 10 heteroatoms. The molecule has 1 heterocycles. The number of phenols is 1. The Morgan fingerprint density at radius 2 is 2.00 bits per heavy atom. The standard InChI is InChI=1S/C19H17N5O5/c1-11-9-16(26)22-23-17(11)12-3-6-14(7-4-12)21-20-10-13-5-8-15(25)19(29-2)18(13)24(27)28/h3-10,21,25H,1-2H3,(H,22,26). The number of nitrogens with zero attached hydrogens (tertiary/aromatic N) is 3. The zero-order valence-electron chi connectivity index (χ0n) is 15.5. The summed E-state index contributed by atoms with van der Waals surface area (Å²) in [7, 11) is 1.24. The Bertz CT molecular complexity index is 1140. The molecule has 0 aliphatic heterocycles. The van der Waals surface area contributed by atoms with Crippen LogP contribution in [-0.4, -0.2) is 33.6 Å². The van der Waals surface area contributed by atoms with E-state index in [1.807, 2.05) is 0 Å². The molecular weight excluding hydrogens is 378 g/mol. The van der Waals surface area contributed by atoms with Crippen LogP contribution in [0.5, 0.6) is 11.5 Å². The van der Waals surface area contributed by atoms with Crippen LogP contribution in [-0.2, 0) is 0 Å². The maximum Gasteiger partial charge on any atom is 0.323 e. The molecule has 0 amide bonds. The highest BCUT2D eigenvalue weighted by atomic mass is 16.6. The number of nitrogens with one attached hydrogen (secondary N) is 2. The van der Waals surface area contributed by atoms with E-state index in [-0.39, 0.29) is 28.3 Å². The van der Waals surface area contributed by atoms with Crippen molar-refractivity contribution < 1.29 is 14.8 Å². The van der Waals surface area contributed by atoms with E-state index in [2.05, 4.69) is 20.7 Å². The Labute approximate surface area is 164 Å². The monoisotopic (exact) mass is 395 g/mol. The predicted molar refractivity (Wildman–Crippen MR) is 108 cm³/mol. The van der Waals surface area contributed by atoms with E-state index in [0.717, 1.165) is 11.1 Å². The van der Waals surface area contributed by atoms with Crippen LogP contribution in [0.25, 0.3) is 11.3 Å². The summed E-state index contributed by atoms with van der Waals surface area (Å²) >= 11 is 0. The molecule has 3 aromatic rings. The number of hydrogen-bond acceptors (Lipinski definition) is 8. The number of hydrogen-bond donors (Lipinski definition) is 3. The van der Waals surface area contributed by atoms with Gasteiger partial charge in [0.25, 0.3) is 5.56 Å². The second-order valence-electron chi connectivity index (χ2n) is 6.02. The molecule has 0 radical (unpaired) electrons. The van der Waals surface area contributed by atoms with E-state index in [9.17, 15) is 20.0 Å². The van der Waals surface area contributed by atoms with Crippen LogP contribution in [0.1, 0.15) is 11.1 Å². The SMILES string of the molecule is COc1c(O)ccc(C=NNc2ccc(-c3n[nH]c(=O)cc3C)cc2)c1[N+](=O)[O-]. The normalized spacial score (nSPS) is 10.8. The number of nitro groups is 1. The van der Waals surface area contributed by atoms with Gasteiger partial charge >= 0.3 is 5.69 Å². The number of ether oxygens (including phenoxy) is 1. The Kier molecular flexibility index (Phi) is 5.54. The number of H-pyrrole nitrogens is 1. The van der Waals surface area contributed by atoms with Crippen LogP contribution in [0.2, 0.25) is 0 Å². The van der Waals surface area contributed by atoms with E-state index in [0.29, 0.717) is 11.4 Å². The summed E-state index contributed by atoms with van der Waals surface area (Å²) in [6.45, 7) is 1.80. The van der Waals surface area contributed by atoms with Crippen LogP contribution in [0.3, 0.4) is 0 Å². The minimum atomic E-state index is -0.645. The van der Waals surface area contributed by atoms with E-state index >= 15 is 0 Å². The first-order valence-electron chi connectivity index (χ1n) is 8.41. The second-order valence-corrected chi connectivity index (χ2v) is 6.02. The van der Waals surface area contributed by atoms with Gasteiger partial charge in [-0.1, -0.05) is 12.1 Å². The summed E-state index contributed by atoms with van der Waals surface area (Å²) in [6.07, 6.45) is 1.27. The molecule has 0 saturated heterocycles. The molecule has 0 fully saturated rings. The number of anilines is 1. The van der Waals surface area contributed by atoms with Crippen molar-refractivity contribution in [3.63, 3.8) is 0 Å². The van der Waals surface area contributed by atoms with Crippen molar-refractivity contribution in [1.82, 2.24) is 10.2 Å². The molecule has 0 aliphatic carbocycles. The van der Waals surface area contributed by atoms with Gasteiger partial charge in [0, 0.05) is 11.6 Å². The molecule has 3 rings (SSSR count). The van der Waals surface area contributed by atoms with Gasteiger partial charge in [-0.2, -0.15) is 10.2 Å². The lowest BCUT2D eigenvalue weighted by molar-refractivity contribution is -0.385. The van der Waals surface area contributed by atoms with Crippen molar-refractivity contribution in [3.05, 3.63) is 74.1 Å². The van der Waals surface area contributed by atoms with Crippen molar-refractivity contribution >= 4 is 17.6 Å². The third kappa shape index (κ3) is 4.21. The topological polar surface area (TPSA) is 143 Å². The third-order valence-corrected chi connectivity index (χ3v) is 4.08. The van der Waals surface area contributed by atoms with Crippen molar-refractivity contribution in [3.8, 4) is 22.8 Å². The van der Waals surface area contributed by atoms with Gasteiger partial charge in [0.05, 0.1) is 35.2 Å². The van der Waals surface area contributed by atoms with Crippen LogP contribution in [0.15, 0.2) is 52.4 Å². The van der Waals surface area contributed by atoms with Gasteiger partial charge in [0.1, 0.15) is 0 Å². The number of aromatic amines is 1. The molecule has 10 nitrogen and oxygen atoms in total. The Balaban J connectivity index is 1.79. The Morgan fingerprint density at radius 3 is 2.62 bits per heavy atom. The molecule has 0 aliphatic rings. The number of methoxy groups -OCH3 is 1. The average Bonchev–Trinajstić information content (AvgIpc) is 2.69. The van der Waals surface area contributed by atoms with E-state index in [1.54, 1.807) is 31.2 Å². The van der Waals surface area contributed by atoms with Gasteiger partial charge in [-0.25, -0.2) is 5.10 Å². The molecule has 0 saturated carbocycles. The molecule has 3 N–H and O–H groups in total. The van der Waals surface area contributed by atoms with Gasteiger partial charge in [-0.05, 0) is 36.8 Å². The van der Waals surface area contributed by atoms with Crippen LogP contribution >= 0.6 is 0 Å². The summed E-state index contributed by atoms with van der Waals surface area (Å²) < 4.78 is 4.91. The number of benzene rings is 2. The lowest BCUT2D eigenvalue weighted by Crippen LogP contribution is -2.08. The number of phenolic OH excluding ortho intramolecular Hbond substituents is 1. The molecule has 0 spiro atoms. The number of aromatic hydroxyl groups is 1. The van der Waals surface area contributed by atoms with Crippen LogP contribution < -0.4 is 15.7 Å². The molecule has 1 aromatic heterocycles.